The quantitative estimate of drug-likeness (QED) is 0.763. The fourth-order valence-electron chi connectivity index (χ4n) is 3.40. The molecule has 0 atom stereocenters. The van der Waals surface area contributed by atoms with Crippen LogP contribution in [0.25, 0.3) is 0 Å². The molecule has 144 valence electrons. The van der Waals surface area contributed by atoms with Gasteiger partial charge in [0.05, 0.1) is 13.7 Å². The molecule has 0 saturated carbocycles. The number of anilines is 1. The largest absolute Gasteiger partial charge is 0.496 e. The molecule has 1 amide bonds. The van der Waals surface area contributed by atoms with Crippen LogP contribution in [0.3, 0.4) is 0 Å². The maximum Gasteiger partial charge on any atom is 0.236 e. The molecule has 0 unspecified atom stereocenters. The number of carbonyl (C=O) groups excluding carboxylic acids is 1. The second-order valence-electron chi connectivity index (χ2n) is 6.83. The first kappa shape index (κ1) is 19.5. The lowest BCUT2D eigenvalue weighted by atomic mass is 10.2. The summed E-state index contributed by atoms with van der Waals surface area (Å²) < 4.78 is 5.39. The summed E-state index contributed by atoms with van der Waals surface area (Å²) in [6, 6.07) is 15.9. The maximum absolute atomic E-state index is 12.7. The molecule has 3 rings (SSSR count). The molecule has 6 heteroatoms. The maximum atomic E-state index is 12.7. The van der Waals surface area contributed by atoms with Crippen molar-refractivity contribution < 1.29 is 9.53 Å². The highest BCUT2D eigenvalue weighted by Crippen LogP contribution is 2.23. The van der Waals surface area contributed by atoms with Gasteiger partial charge in [-0.25, -0.2) is 0 Å². The Kier molecular flexibility index (Phi) is 6.58. The summed E-state index contributed by atoms with van der Waals surface area (Å²) in [5, 5.41) is 0.669. The van der Waals surface area contributed by atoms with E-state index in [0.717, 1.165) is 37.5 Å². The van der Waals surface area contributed by atoms with Gasteiger partial charge in [-0.05, 0) is 37.4 Å². The second-order valence-corrected chi connectivity index (χ2v) is 7.27. The first-order chi connectivity index (χ1) is 13.1. The summed E-state index contributed by atoms with van der Waals surface area (Å²) >= 11 is 6.10. The minimum atomic E-state index is 0.159. The van der Waals surface area contributed by atoms with E-state index in [2.05, 4.69) is 17.0 Å². The number of benzene rings is 2. The molecular weight excluding hydrogens is 362 g/mol. The summed E-state index contributed by atoms with van der Waals surface area (Å²) in [5.74, 6) is 0.946. The number of carbonyl (C=O) groups is 1. The van der Waals surface area contributed by atoms with Gasteiger partial charge in [0.25, 0.3) is 0 Å². The van der Waals surface area contributed by atoms with Gasteiger partial charge in [0.15, 0.2) is 0 Å². The highest BCUT2D eigenvalue weighted by Gasteiger charge is 2.22. The Morgan fingerprint density at radius 3 is 2.48 bits per heavy atom. The first-order valence-electron chi connectivity index (χ1n) is 9.15. The van der Waals surface area contributed by atoms with Crippen molar-refractivity contribution in [3.63, 3.8) is 0 Å². The molecule has 1 aliphatic heterocycles. The molecule has 0 spiro atoms. The summed E-state index contributed by atoms with van der Waals surface area (Å²) in [6.45, 7) is 4.22. The molecule has 2 aromatic carbocycles. The van der Waals surface area contributed by atoms with E-state index in [0.29, 0.717) is 18.1 Å². The summed E-state index contributed by atoms with van der Waals surface area (Å²) in [6.07, 6.45) is 0. The standard InChI is InChI=1S/C21H26ClN3O2/c1-23(15-17-14-18(22)8-9-20(17)27-2)16-21(26)25-12-10-24(11-13-25)19-6-4-3-5-7-19/h3-9,14H,10-13,15-16H2,1-2H3. The number of likely N-dealkylation sites (N-methyl/N-ethyl adjacent to an activating group) is 1. The van der Waals surface area contributed by atoms with Crippen LogP contribution in [0.1, 0.15) is 5.56 Å². The number of halogens is 1. The number of nitrogens with zero attached hydrogens (tertiary/aromatic N) is 3. The van der Waals surface area contributed by atoms with E-state index < -0.39 is 0 Å². The zero-order chi connectivity index (χ0) is 19.2. The van der Waals surface area contributed by atoms with E-state index in [1.807, 2.05) is 47.2 Å². The Morgan fingerprint density at radius 1 is 1.11 bits per heavy atom. The highest BCUT2D eigenvalue weighted by atomic mass is 35.5. The molecule has 0 aromatic heterocycles. The molecule has 2 aromatic rings. The van der Waals surface area contributed by atoms with Gasteiger partial charge in [0.1, 0.15) is 5.75 Å². The van der Waals surface area contributed by atoms with Gasteiger partial charge in [0.2, 0.25) is 5.91 Å². The number of hydrogen-bond acceptors (Lipinski definition) is 4. The SMILES string of the molecule is COc1ccc(Cl)cc1CN(C)CC(=O)N1CCN(c2ccccc2)CC1. The van der Waals surface area contributed by atoms with Crippen LogP contribution in [0.15, 0.2) is 48.5 Å². The smallest absolute Gasteiger partial charge is 0.236 e. The lowest BCUT2D eigenvalue weighted by Gasteiger charge is -2.36. The van der Waals surface area contributed by atoms with E-state index in [1.54, 1.807) is 13.2 Å². The zero-order valence-corrected chi connectivity index (χ0v) is 16.7. The van der Waals surface area contributed by atoms with Crippen LogP contribution in [0, 0.1) is 0 Å². The fraction of sp³-hybridized carbons (Fsp3) is 0.381. The molecule has 0 radical (unpaired) electrons. The van der Waals surface area contributed by atoms with Crippen LogP contribution in [0.2, 0.25) is 5.02 Å². The van der Waals surface area contributed by atoms with Crippen LogP contribution in [-0.2, 0) is 11.3 Å². The van der Waals surface area contributed by atoms with E-state index in [9.17, 15) is 4.79 Å². The van der Waals surface area contributed by atoms with Crippen LogP contribution in [0.4, 0.5) is 5.69 Å². The highest BCUT2D eigenvalue weighted by molar-refractivity contribution is 6.30. The monoisotopic (exact) mass is 387 g/mol. The zero-order valence-electron chi connectivity index (χ0n) is 15.9. The number of para-hydroxylation sites is 1. The van der Waals surface area contributed by atoms with Crippen LogP contribution >= 0.6 is 11.6 Å². The third kappa shape index (κ3) is 5.15. The predicted octanol–water partition coefficient (Wildman–Crippen LogP) is 3.13. The third-order valence-corrected chi connectivity index (χ3v) is 5.08. The Hall–Kier alpha value is -2.24. The van der Waals surface area contributed by atoms with Gasteiger partial charge in [-0.15, -0.1) is 0 Å². The summed E-state index contributed by atoms with van der Waals surface area (Å²) in [7, 11) is 3.59. The van der Waals surface area contributed by atoms with E-state index in [1.165, 1.54) is 5.69 Å². The fourth-order valence-corrected chi connectivity index (χ4v) is 3.60. The minimum absolute atomic E-state index is 0.159. The Bertz CT molecular complexity index is 761. The van der Waals surface area contributed by atoms with Crippen molar-refractivity contribution in [2.75, 3.05) is 51.8 Å². The van der Waals surface area contributed by atoms with E-state index in [-0.39, 0.29) is 5.91 Å². The van der Waals surface area contributed by atoms with Crippen molar-refractivity contribution in [3.8, 4) is 5.75 Å². The average molecular weight is 388 g/mol. The van der Waals surface area contributed by atoms with Crippen molar-refractivity contribution in [3.05, 3.63) is 59.1 Å². The van der Waals surface area contributed by atoms with Crippen molar-refractivity contribution in [2.24, 2.45) is 0 Å². The second kappa shape index (κ2) is 9.11. The van der Waals surface area contributed by atoms with Gasteiger partial charge in [-0.3, -0.25) is 9.69 Å². The van der Waals surface area contributed by atoms with Crippen molar-refractivity contribution in [1.29, 1.82) is 0 Å². The summed E-state index contributed by atoms with van der Waals surface area (Å²) in [5.41, 5.74) is 2.20. The lowest BCUT2D eigenvalue weighted by molar-refractivity contribution is -0.132. The predicted molar refractivity (Wildman–Crippen MR) is 110 cm³/mol. The minimum Gasteiger partial charge on any atom is -0.496 e. The van der Waals surface area contributed by atoms with Crippen LogP contribution in [0.5, 0.6) is 5.75 Å². The Morgan fingerprint density at radius 2 is 1.81 bits per heavy atom. The Labute approximate surface area is 166 Å². The normalized spacial score (nSPS) is 14.5. The average Bonchev–Trinajstić information content (AvgIpc) is 2.69. The molecular formula is C21H26ClN3O2. The van der Waals surface area contributed by atoms with Crippen molar-refractivity contribution in [1.82, 2.24) is 9.80 Å². The molecule has 0 N–H and O–H groups in total. The van der Waals surface area contributed by atoms with E-state index >= 15 is 0 Å². The van der Waals surface area contributed by atoms with Gasteiger partial charge in [0, 0.05) is 49.0 Å². The molecule has 0 bridgehead atoms. The molecule has 0 aliphatic carbocycles. The van der Waals surface area contributed by atoms with Crippen molar-refractivity contribution >= 4 is 23.2 Å². The number of methoxy groups -OCH3 is 1. The molecule has 5 nitrogen and oxygen atoms in total. The third-order valence-electron chi connectivity index (χ3n) is 4.84. The van der Waals surface area contributed by atoms with Gasteiger partial charge < -0.3 is 14.5 Å². The topological polar surface area (TPSA) is 36.0 Å². The lowest BCUT2D eigenvalue weighted by Crippen LogP contribution is -2.51. The summed E-state index contributed by atoms with van der Waals surface area (Å²) in [4.78, 5) is 18.9. The van der Waals surface area contributed by atoms with Crippen molar-refractivity contribution in [2.45, 2.75) is 6.54 Å². The molecule has 27 heavy (non-hydrogen) atoms. The van der Waals surface area contributed by atoms with Gasteiger partial charge >= 0.3 is 0 Å². The Balaban J connectivity index is 1.51. The number of ether oxygens (including phenoxy) is 1. The number of rotatable bonds is 6. The number of piperazine rings is 1. The first-order valence-corrected chi connectivity index (χ1v) is 9.53. The number of amides is 1. The van der Waals surface area contributed by atoms with Gasteiger partial charge in [-0.2, -0.15) is 0 Å². The van der Waals surface area contributed by atoms with E-state index in [4.69, 9.17) is 16.3 Å². The molecule has 1 heterocycles. The van der Waals surface area contributed by atoms with Gasteiger partial charge in [-0.1, -0.05) is 29.8 Å². The molecule has 1 fully saturated rings. The number of hydrogen-bond donors (Lipinski definition) is 0. The molecule has 1 saturated heterocycles. The van der Waals surface area contributed by atoms with Crippen LogP contribution < -0.4 is 9.64 Å². The molecule has 1 aliphatic rings. The van der Waals surface area contributed by atoms with Crippen LogP contribution in [-0.4, -0.2) is 62.6 Å².